The van der Waals surface area contributed by atoms with Gasteiger partial charge in [0.25, 0.3) is 0 Å². The molecular formula is C13H24N2O3S. The predicted octanol–water partition coefficient (Wildman–Crippen LogP) is 1.06. The molecule has 1 unspecified atom stereocenters. The Morgan fingerprint density at radius 1 is 1.32 bits per heavy atom. The van der Waals surface area contributed by atoms with E-state index in [1.54, 1.807) is 0 Å². The lowest BCUT2D eigenvalue weighted by Crippen LogP contribution is -2.41. The van der Waals surface area contributed by atoms with Gasteiger partial charge in [0.1, 0.15) is 0 Å². The molecule has 1 saturated carbocycles. The number of carbonyl (C=O) groups excluding carboxylic acids is 1. The molecule has 0 aromatic carbocycles. The lowest BCUT2D eigenvalue weighted by molar-refractivity contribution is -0.133. The molecule has 1 atom stereocenters. The van der Waals surface area contributed by atoms with E-state index in [4.69, 9.17) is 0 Å². The lowest BCUT2D eigenvalue weighted by atomic mass is 10.00. The van der Waals surface area contributed by atoms with E-state index in [9.17, 15) is 13.2 Å². The first kappa shape index (κ1) is 14.8. The highest BCUT2D eigenvalue weighted by Gasteiger charge is 2.35. The van der Waals surface area contributed by atoms with E-state index in [0.29, 0.717) is 18.9 Å². The van der Waals surface area contributed by atoms with Gasteiger partial charge in [-0.15, -0.1) is 0 Å². The molecule has 110 valence electrons. The van der Waals surface area contributed by atoms with Crippen molar-refractivity contribution in [3.63, 3.8) is 0 Å². The van der Waals surface area contributed by atoms with Gasteiger partial charge in [-0.05, 0) is 31.6 Å². The molecule has 1 aliphatic carbocycles. The Morgan fingerprint density at radius 2 is 2.00 bits per heavy atom. The van der Waals surface area contributed by atoms with E-state index in [-0.39, 0.29) is 11.9 Å². The fourth-order valence-electron chi connectivity index (χ4n) is 2.76. The van der Waals surface area contributed by atoms with Crippen molar-refractivity contribution in [2.45, 2.75) is 45.1 Å². The number of rotatable bonds is 5. The third-order valence-electron chi connectivity index (χ3n) is 3.94. The van der Waals surface area contributed by atoms with E-state index in [1.165, 1.54) is 17.0 Å². The molecule has 19 heavy (non-hydrogen) atoms. The van der Waals surface area contributed by atoms with Gasteiger partial charge in [-0.2, -0.15) is 4.31 Å². The summed E-state index contributed by atoms with van der Waals surface area (Å²) in [5.41, 5.74) is 0. The van der Waals surface area contributed by atoms with Gasteiger partial charge in [0.15, 0.2) is 0 Å². The summed E-state index contributed by atoms with van der Waals surface area (Å²) in [7, 11) is -3.18. The van der Waals surface area contributed by atoms with Gasteiger partial charge >= 0.3 is 0 Å². The van der Waals surface area contributed by atoms with Crippen LogP contribution in [0.5, 0.6) is 0 Å². The van der Waals surface area contributed by atoms with Crippen molar-refractivity contribution >= 4 is 15.9 Å². The molecule has 1 saturated heterocycles. The van der Waals surface area contributed by atoms with E-state index in [1.807, 2.05) is 4.90 Å². The van der Waals surface area contributed by atoms with E-state index >= 15 is 0 Å². The van der Waals surface area contributed by atoms with Crippen molar-refractivity contribution in [1.29, 1.82) is 0 Å². The third kappa shape index (κ3) is 4.18. The summed E-state index contributed by atoms with van der Waals surface area (Å²) in [5, 5.41) is 0. The number of piperidine rings is 1. The van der Waals surface area contributed by atoms with Crippen LogP contribution in [0.25, 0.3) is 0 Å². The van der Waals surface area contributed by atoms with Crippen molar-refractivity contribution in [2.75, 3.05) is 25.9 Å². The van der Waals surface area contributed by atoms with Crippen LogP contribution in [0, 0.1) is 5.92 Å². The average molecular weight is 288 g/mol. The number of carbonyl (C=O) groups is 1. The minimum atomic E-state index is -3.18. The highest BCUT2D eigenvalue weighted by Crippen LogP contribution is 2.29. The third-order valence-corrected chi connectivity index (χ3v) is 5.27. The maximum Gasteiger partial charge on any atom is 0.223 e. The standard InChI is InChI=1S/C13H24N2O3S/c1-11-4-3-8-14(10-11)13(16)7-9-15(12-5-6-12)19(2,17)18/h11-12H,3-10H2,1-2H3. The monoisotopic (exact) mass is 288 g/mol. The molecule has 0 aromatic rings. The van der Waals surface area contributed by atoms with Crippen molar-refractivity contribution in [1.82, 2.24) is 9.21 Å². The van der Waals surface area contributed by atoms with Crippen LogP contribution in [0.3, 0.4) is 0 Å². The summed E-state index contributed by atoms with van der Waals surface area (Å²) in [6, 6.07) is 0.142. The van der Waals surface area contributed by atoms with Gasteiger partial charge in [-0.3, -0.25) is 4.79 Å². The molecule has 2 fully saturated rings. The minimum absolute atomic E-state index is 0.0980. The second kappa shape index (κ2) is 5.79. The Morgan fingerprint density at radius 3 is 2.53 bits per heavy atom. The van der Waals surface area contributed by atoms with Crippen molar-refractivity contribution in [3.8, 4) is 0 Å². The van der Waals surface area contributed by atoms with E-state index in [2.05, 4.69) is 6.92 Å². The zero-order chi connectivity index (χ0) is 14.0. The molecule has 5 nitrogen and oxygen atoms in total. The SMILES string of the molecule is CC1CCCN(C(=O)CCN(C2CC2)S(C)(=O)=O)C1. The fraction of sp³-hybridized carbons (Fsp3) is 0.923. The zero-order valence-corrected chi connectivity index (χ0v) is 12.7. The summed E-state index contributed by atoms with van der Waals surface area (Å²) in [4.78, 5) is 14.0. The van der Waals surface area contributed by atoms with Crippen molar-refractivity contribution < 1.29 is 13.2 Å². The smallest absolute Gasteiger partial charge is 0.223 e. The van der Waals surface area contributed by atoms with Crippen LogP contribution in [0.15, 0.2) is 0 Å². The molecule has 0 aromatic heterocycles. The van der Waals surface area contributed by atoms with Crippen molar-refractivity contribution in [2.24, 2.45) is 5.92 Å². The van der Waals surface area contributed by atoms with Gasteiger partial charge in [-0.1, -0.05) is 6.92 Å². The fourth-order valence-corrected chi connectivity index (χ4v) is 3.94. The number of hydrogen-bond acceptors (Lipinski definition) is 3. The topological polar surface area (TPSA) is 57.7 Å². The molecule has 0 bridgehead atoms. The normalized spacial score (nSPS) is 24.8. The Balaban J connectivity index is 1.85. The quantitative estimate of drug-likeness (QED) is 0.760. The summed E-state index contributed by atoms with van der Waals surface area (Å²) in [5.74, 6) is 0.660. The summed E-state index contributed by atoms with van der Waals surface area (Å²) in [6.45, 7) is 4.15. The summed E-state index contributed by atoms with van der Waals surface area (Å²) >= 11 is 0. The van der Waals surface area contributed by atoms with Crippen LogP contribution in [0.4, 0.5) is 0 Å². The molecule has 1 heterocycles. The number of likely N-dealkylation sites (tertiary alicyclic amines) is 1. The van der Waals surface area contributed by atoms with Crippen LogP contribution in [-0.4, -0.2) is 55.5 Å². The van der Waals surface area contributed by atoms with Gasteiger partial charge in [0.2, 0.25) is 15.9 Å². The Bertz CT molecular complexity index is 431. The molecule has 2 rings (SSSR count). The molecular weight excluding hydrogens is 264 g/mol. The predicted molar refractivity (Wildman–Crippen MR) is 74.2 cm³/mol. The maximum absolute atomic E-state index is 12.1. The number of nitrogens with zero attached hydrogens (tertiary/aromatic N) is 2. The van der Waals surface area contributed by atoms with E-state index in [0.717, 1.165) is 32.4 Å². The minimum Gasteiger partial charge on any atom is -0.342 e. The first-order chi connectivity index (χ1) is 8.88. The maximum atomic E-state index is 12.1. The molecule has 0 N–H and O–H groups in total. The molecule has 1 aliphatic heterocycles. The Kier molecular flexibility index (Phi) is 4.50. The first-order valence-corrected chi connectivity index (χ1v) is 8.97. The van der Waals surface area contributed by atoms with Gasteiger partial charge in [-0.25, -0.2) is 8.42 Å². The Labute approximate surface area is 116 Å². The highest BCUT2D eigenvalue weighted by atomic mass is 32.2. The molecule has 0 spiro atoms. The number of hydrogen-bond donors (Lipinski definition) is 0. The Hall–Kier alpha value is -0.620. The molecule has 6 heteroatoms. The highest BCUT2D eigenvalue weighted by molar-refractivity contribution is 7.88. The second-order valence-electron chi connectivity index (χ2n) is 5.94. The van der Waals surface area contributed by atoms with Gasteiger partial charge < -0.3 is 4.90 Å². The van der Waals surface area contributed by atoms with Crippen molar-refractivity contribution in [3.05, 3.63) is 0 Å². The van der Waals surface area contributed by atoms with Crippen LogP contribution in [0.1, 0.15) is 39.0 Å². The van der Waals surface area contributed by atoms with Crippen LogP contribution < -0.4 is 0 Å². The summed E-state index contributed by atoms with van der Waals surface area (Å²) < 4.78 is 24.8. The number of amides is 1. The van der Waals surface area contributed by atoms with E-state index < -0.39 is 10.0 Å². The largest absolute Gasteiger partial charge is 0.342 e. The number of sulfonamides is 1. The first-order valence-electron chi connectivity index (χ1n) is 7.12. The van der Waals surface area contributed by atoms with Gasteiger partial charge in [0.05, 0.1) is 6.26 Å². The molecule has 0 radical (unpaired) electrons. The van der Waals surface area contributed by atoms with Crippen LogP contribution in [-0.2, 0) is 14.8 Å². The molecule has 2 aliphatic rings. The van der Waals surface area contributed by atoms with Crippen LogP contribution in [0.2, 0.25) is 0 Å². The summed E-state index contributed by atoms with van der Waals surface area (Å²) in [6.07, 6.45) is 5.66. The zero-order valence-electron chi connectivity index (χ0n) is 11.8. The second-order valence-corrected chi connectivity index (χ2v) is 7.88. The lowest BCUT2D eigenvalue weighted by Gasteiger charge is -2.31. The average Bonchev–Trinajstić information content (AvgIpc) is 3.11. The van der Waals surface area contributed by atoms with Gasteiger partial charge in [0, 0.05) is 32.1 Å². The van der Waals surface area contributed by atoms with Crippen LogP contribution >= 0.6 is 0 Å². The molecule has 1 amide bonds.